The summed E-state index contributed by atoms with van der Waals surface area (Å²) in [5.41, 5.74) is 0.836. The minimum absolute atomic E-state index is 0.102. The van der Waals surface area contributed by atoms with Crippen LogP contribution in [0.15, 0.2) is 18.2 Å². The Morgan fingerprint density at radius 3 is 2.48 bits per heavy atom. The fourth-order valence-corrected chi connectivity index (χ4v) is 2.89. The Kier molecular flexibility index (Phi) is 4.66. The lowest BCUT2D eigenvalue weighted by molar-refractivity contribution is 0.297. The molecule has 1 aliphatic heterocycles. The zero-order valence-electron chi connectivity index (χ0n) is 12.8. The smallest absolute Gasteiger partial charge is 0.163 e. The molecule has 118 valence electrons. The third-order valence-corrected chi connectivity index (χ3v) is 5.99. The molecule has 5 nitrogen and oxygen atoms in total. The highest BCUT2D eigenvalue weighted by molar-refractivity contribution is 7.92. The van der Waals surface area contributed by atoms with Gasteiger partial charge in [-0.1, -0.05) is 0 Å². The zero-order valence-corrected chi connectivity index (χ0v) is 13.6. The fraction of sp³-hybridized carbons (Fsp3) is 0.600. The molecule has 0 spiro atoms. The van der Waals surface area contributed by atoms with Gasteiger partial charge in [-0.25, -0.2) is 8.42 Å². The number of nitrogens with one attached hydrogen (secondary N) is 1. The van der Waals surface area contributed by atoms with Crippen LogP contribution in [-0.2, 0) is 9.84 Å². The second-order valence-electron chi connectivity index (χ2n) is 6.07. The van der Waals surface area contributed by atoms with Crippen molar-refractivity contribution >= 4 is 15.5 Å². The van der Waals surface area contributed by atoms with Crippen LogP contribution in [-0.4, -0.2) is 38.7 Å². The highest BCUT2D eigenvalue weighted by atomic mass is 32.2. The maximum atomic E-state index is 12.0. The van der Waals surface area contributed by atoms with Crippen LogP contribution in [0.5, 0.6) is 11.5 Å². The zero-order chi connectivity index (χ0) is 15.5. The first-order valence-electron chi connectivity index (χ1n) is 7.15. The fourth-order valence-electron chi connectivity index (χ4n) is 1.91. The molecule has 0 radical (unpaired) electrons. The number of hydrogen-bond donors (Lipinski definition) is 1. The summed E-state index contributed by atoms with van der Waals surface area (Å²) in [4.78, 5) is 0. The predicted molar refractivity (Wildman–Crippen MR) is 84.1 cm³/mol. The largest absolute Gasteiger partial charge is 0.490 e. The van der Waals surface area contributed by atoms with Crippen molar-refractivity contribution < 1.29 is 17.9 Å². The van der Waals surface area contributed by atoms with E-state index in [0.29, 0.717) is 25.5 Å². The molecule has 0 amide bonds. The van der Waals surface area contributed by atoms with Gasteiger partial charge < -0.3 is 14.8 Å². The van der Waals surface area contributed by atoms with Gasteiger partial charge in [-0.2, -0.15) is 0 Å². The third kappa shape index (κ3) is 4.03. The van der Waals surface area contributed by atoms with Crippen LogP contribution < -0.4 is 14.8 Å². The molecule has 0 saturated carbocycles. The molecule has 21 heavy (non-hydrogen) atoms. The van der Waals surface area contributed by atoms with Crippen LogP contribution in [0, 0.1) is 0 Å². The number of benzene rings is 1. The molecule has 1 aliphatic rings. The average Bonchev–Trinajstić information content (AvgIpc) is 2.61. The summed E-state index contributed by atoms with van der Waals surface area (Å²) in [6.45, 7) is 6.82. The van der Waals surface area contributed by atoms with E-state index in [1.54, 1.807) is 20.8 Å². The Bertz CT molecular complexity index is 590. The van der Waals surface area contributed by atoms with Crippen molar-refractivity contribution in [1.82, 2.24) is 0 Å². The van der Waals surface area contributed by atoms with E-state index in [4.69, 9.17) is 9.47 Å². The summed E-state index contributed by atoms with van der Waals surface area (Å²) >= 11 is 0. The summed E-state index contributed by atoms with van der Waals surface area (Å²) in [7, 11) is -3.11. The molecule has 1 aromatic carbocycles. The Balaban J connectivity index is 1.97. The number of fused-ring (bicyclic) bond motifs is 1. The van der Waals surface area contributed by atoms with Gasteiger partial charge in [-0.3, -0.25) is 0 Å². The maximum absolute atomic E-state index is 12.0. The molecule has 0 bridgehead atoms. The van der Waals surface area contributed by atoms with Gasteiger partial charge in [-0.05, 0) is 32.9 Å². The van der Waals surface area contributed by atoms with Crippen molar-refractivity contribution in [2.75, 3.05) is 30.8 Å². The standard InChI is InChI=1S/C15H23NO4S/c1-15(2,3)21(17,18)10-7-16-12-5-6-13-14(11-12)20-9-4-8-19-13/h5-6,11,16H,4,7-10H2,1-3H3. The molecule has 0 saturated heterocycles. The van der Waals surface area contributed by atoms with E-state index in [-0.39, 0.29) is 5.75 Å². The normalized spacial score (nSPS) is 15.4. The number of rotatable bonds is 4. The lowest BCUT2D eigenvalue weighted by Gasteiger charge is -2.19. The topological polar surface area (TPSA) is 64.6 Å². The van der Waals surface area contributed by atoms with Gasteiger partial charge in [0.1, 0.15) is 0 Å². The summed E-state index contributed by atoms with van der Waals surface area (Å²) in [6, 6.07) is 5.57. The first kappa shape index (κ1) is 15.9. The first-order valence-corrected chi connectivity index (χ1v) is 8.81. The Morgan fingerprint density at radius 2 is 1.81 bits per heavy atom. The summed E-state index contributed by atoms with van der Waals surface area (Å²) in [5, 5.41) is 3.13. The monoisotopic (exact) mass is 313 g/mol. The molecule has 0 aromatic heterocycles. The summed E-state index contributed by atoms with van der Waals surface area (Å²) in [6.07, 6.45) is 0.862. The molecule has 2 rings (SSSR count). The van der Waals surface area contributed by atoms with Gasteiger partial charge in [0, 0.05) is 24.7 Å². The minimum Gasteiger partial charge on any atom is -0.490 e. The Hall–Kier alpha value is -1.43. The average molecular weight is 313 g/mol. The van der Waals surface area contributed by atoms with Gasteiger partial charge in [0.05, 0.1) is 23.7 Å². The van der Waals surface area contributed by atoms with Crippen molar-refractivity contribution in [3.05, 3.63) is 18.2 Å². The molecule has 1 N–H and O–H groups in total. The van der Waals surface area contributed by atoms with E-state index in [2.05, 4.69) is 5.32 Å². The van der Waals surface area contributed by atoms with Crippen LogP contribution >= 0.6 is 0 Å². The van der Waals surface area contributed by atoms with Crippen LogP contribution in [0.3, 0.4) is 0 Å². The Labute approximate surface area is 126 Å². The van der Waals surface area contributed by atoms with E-state index in [1.807, 2.05) is 18.2 Å². The summed E-state index contributed by atoms with van der Waals surface area (Å²) < 4.78 is 34.5. The van der Waals surface area contributed by atoms with Crippen molar-refractivity contribution in [1.29, 1.82) is 0 Å². The van der Waals surface area contributed by atoms with Gasteiger partial charge in [0.15, 0.2) is 21.3 Å². The molecule has 0 atom stereocenters. The maximum Gasteiger partial charge on any atom is 0.163 e. The van der Waals surface area contributed by atoms with Gasteiger partial charge in [0.25, 0.3) is 0 Å². The number of hydrogen-bond acceptors (Lipinski definition) is 5. The molecule has 1 heterocycles. The molecule has 0 aliphatic carbocycles. The van der Waals surface area contributed by atoms with Gasteiger partial charge in [0.2, 0.25) is 0 Å². The second kappa shape index (κ2) is 6.13. The second-order valence-corrected chi connectivity index (χ2v) is 8.93. The molecule has 6 heteroatoms. The van der Waals surface area contributed by atoms with Crippen molar-refractivity contribution in [3.8, 4) is 11.5 Å². The van der Waals surface area contributed by atoms with Crippen molar-refractivity contribution in [2.24, 2.45) is 0 Å². The lowest BCUT2D eigenvalue weighted by Crippen LogP contribution is -2.32. The number of ether oxygens (including phenoxy) is 2. The molecule has 0 unspecified atom stereocenters. The summed E-state index contributed by atoms with van der Waals surface area (Å²) in [5.74, 6) is 1.54. The molecule has 1 aromatic rings. The van der Waals surface area contributed by atoms with Gasteiger partial charge >= 0.3 is 0 Å². The van der Waals surface area contributed by atoms with E-state index in [0.717, 1.165) is 17.9 Å². The van der Waals surface area contributed by atoms with E-state index >= 15 is 0 Å². The highest BCUT2D eigenvalue weighted by Gasteiger charge is 2.28. The first-order chi connectivity index (χ1) is 9.79. The van der Waals surface area contributed by atoms with Crippen molar-refractivity contribution in [2.45, 2.75) is 31.9 Å². The lowest BCUT2D eigenvalue weighted by atomic mass is 10.2. The molecular formula is C15H23NO4S. The minimum atomic E-state index is -3.11. The van der Waals surface area contributed by atoms with Gasteiger partial charge in [-0.15, -0.1) is 0 Å². The highest BCUT2D eigenvalue weighted by Crippen LogP contribution is 2.32. The molecular weight excluding hydrogens is 290 g/mol. The van der Waals surface area contributed by atoms with E-state index in [1.165, 1.54) is 0 Å². The van der Waals surface area contributed by atoms with Crippen LogP contribution in [0.2, 0.25) is 0 Å². The quantitative estimate of drug-likeness (QED) is 0.925. The third-order valence-electron chi connectivity index (χ3n) is 3.38. The molecule has 0 fully saturated rings. The van der Waals surface area contributed by atoms with E-state index < -0.39 is 14.6 Å². The Morgan fingerprint density at radius 1 is 1.14 bits per heavy atom. The van der Waals surface area contributed by atoms with Crippen LogP contribution in [0.4, 0.5) is 5.69 Å². The predicted octanol–water partition coefficient (Wildman–Crippen LogP) is 2.47. The number of anilines is 1. The van der Waals surface area contributed by atoms with Crippen molar-refractivity contribution in [3.63, 3.8) is 0 Å². The number of sulfone groups is 1. The van der Waals surface area contributed by atoms with E-state index in [9.17, 15) is 8.42 Å². The van der Waals surface area contributed by atoms with Crippen LogP contribution in [0.25, 0.3) is 0 Å². The SMILES string of the molecule is CC(C)(C)S(=O)(=O)CCNc1ccc2c(c1)OCCCO2. The van der Waals surface area contributed by atoms with Crippen LogP contribution in [0.1, 0.15) is 27.2 Å².